The highest BCUT2D eigenvalue weighted by Crippen LogP contribution is 1.99. The van der Waals surface area contributed by atoms with Crippen molar-refractivity contribution >= 4 is 11.9 Å². The molecular formula is C10H22N4O3. The fourth-order valence-electron chi connectivity index (χ4n) is 1.25. The Bertz CT molecular complexity index is 236. The first-order valence-electron chi connectivity index (χ1n) is 5.64. The zero-order valence-corrected chi connectivity index (χ0v) is 10.2. The Morgan fingerprint density at radius 3 is 2.59 bits per heavy atom. The maximum Gasteiger partial charge on any atom is 0.315 e. The van der Waals surface area contributed by atoms with Gasteiger partial charge in [0.2, 0.25) is 5.91 Å². The molecule has 0 aliphatic heterocycles. The first-order chi connectivity index (χ1) is 8.11. The van der Waals surface area contributed by atoms with Gasteiger partial charge in [-0.25, -0.2) is 4.79 Å². The molecule has 3 amide bonds. The lowest BCUT2D eigenvalue weighted by Gasteiger charge is -2.15. The molecule has 0 aromatic carbocycles. The highest BCUT2D eigenvalue weighted by molar-refractivity contribution is 5.85. The van der Waals surface area contributed by atoms with E-state index < -0.39 is 18.0 Å². The number of amides is 3. The van der Waals surface area contributed by atoms with Gasteiger partial charge in [-0.1, -0.05) is 0 Å². The summed E-state index contributed by atoms with van der Waals surface area (Å²) in [6.45, 7) is 1.37. The van der Waals surface area contributed by atoms with E-state index in [2.05, 4.69) is 10.6 Å². The monoisotopic (exact) mass is 246 g/mol. The number of nitrogens with two attached hydrogens (primary N) is 2. The van der Waals surface area contributed by atoms with Crippen LogP contribution >= 0.6 is 0 Å². The molecule has 0 aliphatic carbocycles. The predicted octanol–water partition coefficient (Wildman–Crippen LogP) is -1.09. The Kier molecular flexibility index (Phi) is 9.08. The van der Waals surface area contributed by atoms with Crippen molar-refractivity contribution in [3.05, 3.63) is 0 Å². The van der Waals surface area contributed by atoms with E-state index in [-0.39, 0.29) is 0 Å². The van der Waals surface area contributed by atoms with Crippen LogP contribution in [0, 0.1) is 0 Å². The third kappa shape index (κ3) is 8.47. The van der Waals surface area contributed by atoms with Gasteiger partial charge in [0.15, 0.2) is 0 Å². The number of methoxy groups -OCH3 is 1. The van der Waals surface area contributed by atoms with Gasteiger partial charge >= 0.3 is 6.03 Å². The van der Waals surface area contributed by atoms with Crippen molar-refractivity contribution in [3.63, 3.8) is 0 Å². The Hall–Kier alpha value is -1.34. The standard InChI is InChI=1S/C10H22N4O3/c1-17-7-6-13-10(16)14-8(9(12)15)4-2-3-5-11/h8H,2-7,11H2,1H3,(H2,12,15)(H2,13,14,16)/t8-/m1/s1. The Balaban J connectivity index is 3.89. The van der Waals surface area contributed by atoms with Crippen LogP contribution in [-0.4, -0.2) is 44.8 Å². The molecule has 0 aliphatic rings. The second-order valence-corrected chi connectivity index (χ2v) is 3.63. The number of hydrogen-bond donors (Lipinski definition) is 4. The molecule has 0 bridgehead atoms. The lowest BCUT2D eigenvalue weighted by Crippen LogP contribution is -2.49. The second-order valence-electron chi connectivity index (χ2n) is 3.63. The summed E-state index contributed by atoms with van der Waals surface area (Å²) in [7, 11) is 1.54. The summed E-state index contributed by atoms with van der Waals surface area (Å²) in [6.07, 6.45) is 2.06. The van der Waals surface area contributed by atoms with Crippen molar-refractivity contribution in [1.29, 1.82) is 0 Å². The van der Waals surface area contributed by atoms with Crippen molar-refractivity contribution in [2.45, 2.75) is 25.3 Å². The van der Waals surface area contributed by atoms with E-state index in [0.717, 1.165) is 12.8 Å². The number of hydrogen-bond acceptors (Lipinski definition) is 4. The number of urea groups is 1. The summed E-state index contributed by atoms with van der Waals surface area (Å²) in [4.78, 5) is 22.4. The van der Waals surface area contributed by atoms with Gasteiger partial charge in [0.05, 0.1) is 6.61 Å². The number of unbranched alkanes of at least 4 members (excludes halogenated alkanes) is 1. The molecule has 0 aromatic heterocycles. The van der Waals surface area contributed by atoms with Gasteiger partial charge in [-0.15, -0.1) is 0 Å². The van der Waals surface area contributed by atoms with Gasteiger partial charge in [-0.3, -0.25) is 4.79 Å². The highest BCUT2D eigenvalue weighted by Gasteiger charge is 2.16. The van der Waals surface area contributed by atoms with E-state index in [4.69, 9.17) is 16.2 Å². The van der Waals surface area contributed by atoms with E-state index in [1.807, 2.05) is 0 Å². The molecule has 0 rings (SSSR count). The number of ether oxygens (including phenoxy) is 1. The number of carbonyl (C=O) groups excluding carboxylic acids is 2. The van der Waals surface area contributed by atoms with Crippen LogP contribution in [0.4, 0.5) is 4.79 Å². The molecule has 0 fully saturated rings. The Morgan fingerprint density at radius 1 is 1.35 bits per heavy atom. The normalized spacial score (nSPS) is 11.9. The molecule has 1 atom stereocenters. The molecule has 100 valence electrons. The first kappa shape index (κ1) is 15.7. The molecule has 6 N–H and O–H groups in total. The van der Waals surface area contributed by atoms with Crippen molar-refractivity contribution < 1.29 is 14.3 Å². The molecule has 0 radical (unpaired) electrons. The van der Waals surface area contributed by atoms with E-state index in [1.54, 1.807) is 7.11 Å². The van der Waals surface area contributed by atoms with Crippen LogP contribution in [0.3, 0.4) is 0 Å². The van der Waals surface area contributed by atoms with Crippen molar-refractivity contribution in [2.24, 2.45) is 11.5 Å². The molecule has 0 aromatic rings. The third-order valence-electron chi connectivity index (χ3n) is 2.19. The largest absolute Gasteiger partial charge is 0.383 e. The van der Waals surface area contributed by atoms with Gasteiger partial charge < -0.3 is 26.8 Å². The number of primary amides is 1. The minimum atomic E-state index is -0.649. The molecule has 0 heterocycles. The fraction of sp³-hybridized carbons (Fsp3) is 0.800. The smallest absolute Gasteiger partial charge is 0.315 e. The summed E-state index contributed by atoms with van der Waals surface area (Å²) in [5.41, 5.74) is 10.5. The van der Waals surface area contributed by atoms with Gasteiger partial charge in [0, 0.05) is 13.7 Å². The quantitative estimate of drug-likeness (QED) is 0.387. The van der Waals surface area contributed by atoms with Crippen molar-refractivity contribution in [3.8, 4) is 0 Å². The van der Waals surface area contributed by atoms with Crippen molar-refractivity contribution in [1.82, 2.24) is 10.6 Å². The SMILES string of the molecule is COCCNC(=O)N[C@H](CCCCN)C(N)=O. The zero-order chi connectivity index (χ0) is 13.1. The molecular weight excluding hydrogens is 224 g/mol. The predicted molar refractivity (Wildman–Crippen MR) is 64.3 cm³/mol. The highest BCUT2D eigenvalue weighted by atomic mass is 16.5. The maximum atomic E-state index is 11.4. The molecule has 7 heteroatoms. The number of rotatable bonds is 9. The van der Waals surface area contributed by atoms with Gasteiger partial charge in [-0.05, 0) is 25.8 Å². The molecule has 0 unspecified atom stereocenters. The van der Waals surface area contributed by atoms with E-state index >= 15 is 0 Å². The summed E-state index contributed by atoms with van der Waals surface area (Å²) < 4.78 is 4.78. The van der Waals surface area contributed by atoms with Crippen LogP contribution in [0.1, 0.15) is 19.3 Å². The molecule has 0 saturated heterocycles. The lowest BCUT2D eigenvalue weighted by molar-refractivity contribution is -0.119. The second kappa shape index (κ2) is 9.86. The lowest BCUT2D eigenvalue weighted by atomic mass is 10.1. The molecule has 7 nitrogen and oxygen atoms in total. The molecule has 17 heavy (non-hydrogen) atoms. The Morgan fingerprint density at radius 2 is 2.06 bits per heavy atom. The summed E-state index contributed by atoms with van der Waals surface area (Å²) in [5, 5.41) is 5.07. The number of nitrogens with one attached hydrogen (secondary N) is 2. The van der Waals surface area contributed by atoms with Crippen LogP contribution in [0.5, 0.6) is 0 Å². The zero-order valence-electron chi connectivity index (χ0n) is 10.2. The average Bonchev–Trinajstić information content (AvgIpc) is 2.28. The van der Waals surface area contributed by atoms with Gasteiger partial charge in [0.1, 0.15) is 6.04 Å². The molecule has 0 spiro atoms. The van der Waals surface area contributed by atoms with Crippen LogP contribution in [0.25, 0.3) is 0 Å². The summed E-state index contributed by atoms with van der Waals surface area (Å²) in [5.74, 6) is -0.538. The van der Waals surface area contributed by atoms with Crippen LogP contribution in [0.2, 0.25) is 0 Å². The first-order valence-corrected chi connectivity index (χ1v) is 5.64. The minimum absolute atomic E-state index is 0.386. The van der Waals surface area contributed by atoms with Crippen molar-refractivity contribution in [2.75, 3.05) is 26.8 Å². The maximum absolute atomic E-state index is 11.4. The molecule has 0 saturated carbocycles. The minimum Gasteiger partial charge on any atom is -0.383 e. The van der Waals surface area contributed by atoms with Crippen LogP contribution in [0.15, 0.2) is 0 Å². The van der Waals surface area contributed by atoms with Gasteiger partial charge in [0.25, 0.3) is 0 Å². The summed E-state index contributed by atoms with van der Waals surface area (Å²) in [6, 6.07) is -1.07. The summed E-state index contributed by atoms with van der Waals surface area (Å²) >= 11 is 0. The fourth-order valence-corrected chi connectivity index (χ4v) is 1.25. The third-order valence-corrected chi connectivity index (χ3v) is 2.19. The van der Waals surface area contributed by atoms with E-state index in [9.17, 15) is 9.59 Å². The number of carbonyl (C=O) groups is 2. The van der Waals surface area contributed by atoms with Crippen LogP contribution in [-0.2, 0) is 9.53 Å². The topological polar surface area (TPSA) is 119 Å². The van der Waals surface area contributed by atoms with E-state index in [1.165, 1.54) is 0 Å². The average molecular weight is 246 g/mol. The van der Waals surface area contributed by atoms with E-state index in [0.29, 0.717) is 26.1 Å². The van der Waals surface area contributed by atoms with Crippen LogP contribution < -0.4 is 22.1 Å². The van der Waals surface area contributed by atoms with Gasteiger partial charge in [-0.2, -0.15) is 0 Å². The Labute approximate surface area is 101 Å².